The van der Waals surface area contributed by atoms with E-state index in [1.165, 1.54) is 154 Å². The summed E-state index contributed by atoms with van der Waals surface area (Å²) in [6.07, 6.45) is 34.5. The molecule has 3 heterocycles. The van der Waals surface area contributed by atoms with E-state index in [9.17, 15) is 5.21 Å². The molecule has 9 nitrogen and oxygen atoms in total. The van der Waals surface area contributed by atoms with E-state index in [2.05, 4.69) is 97.1 Å². The zero-order valence-corrected chi connectivity index (χ0v) is 36.7. The average Bonchev–Trinajstić information content (AvgIpc) is 3.06. The Balaban J connectivity index is 1.10. The minimum Gasteiger partial charge on any atom is -0.354 e. The molecule has 0 aliphatic carbocycles. The van der Waals surface area contributed by atoms with Crippen LogP contribution in [0.25, 0.3) is 0 Å². The lowest BCUT2D eigenvalue weighted by Crippen LogP contribution is -2.57. The van der Waals surface area contributed by atoms with Crippen LogP contribution in [0, 0.1) is 11.8 Å². The van der Waals surface area contributed by atoms with Crippen LogP contribution in [-0.2, 0) is 0 Å². The first kappa shape index (κ1) is 46.7. The van der Waals surface area contributed by atoms with Crippen LogP contribution in [0.3, 0.4) is 0 Å². The monoisotopic (exact) mass is 757 g/mol. The fourth-order valence-corrected chi connectivity index (χ4v) is 10.4. The number of hydrogen-bond donors (Lipinski definition) is 6. The fraction of sp³-hybridized carbons (Fsp3) is 0.933. The van der Waals surface area contributed by atoms with Crippen molar-refractivity contribution in [1.82, 2.24) is 25.6 Å². The Hall–Kier alpha value is -1.71. The van der Waals surface area contributed by atoms with Gasteiger partial charge in [0.2, 0.25) is 11.9 Å². The first-order valence-corrected chi connectivity index (χ1v) is 22.9. The predicted molar refractivity (Wildman–Crippen MR) is 232 cm³/mol. The lowest BCUT2D eigenvalue weighted by Gasteiger charge is -2.46. The molecular weight excluding hydrogens is 669 g/mol. The van der Waals surface area contributed by atoms with Crippen molar-refractivity contribution in [2.45, 2.75) is 244 Å². The number of aromatic nitrogens is 3. The van der Waals surface area contributed by atoms with Gasteiger partial charge in [-0.1, -0.05) is 128 Å². The van der Waals surface area contributed by atoms with Crippen molar-refractivity contribution in [3.05, 3.63) is 0 Å². The summed E-state index contributed by atoms with van der Waals surface area (Å²) in [6.45, 7) is 20.6. The molecule has 1 aromatic heterocycles. The number of rotatable bonds is 29. The van der Waals surface area contributed by atoms with Crippen LogP contribution in [0.1, 0.15) is 222 Å². The Morgan fingerprint density at radius 2 is 0.685 bits per heavy atom. The molecule has 0 unspecified atom stereocenters. The maximum absolute atomic E-state index is 9.45. The lowest BCUT2D eigenvalue weighted by atomic mass is 9.74. The maximum atomic E-state index is 9.45. The first-order valence-electron chi connectivity index (χ1n) is 22.9. The molecule has 2 saturated heterocycles. The number of piperidine rings is 2. The van der Waals surface area contributed by atoms with E-state index in [4.69, 9.17) is 0 Å². The van der Waals surface area contributed by atoms with Crippen LogP contribution in [0.2, 0.25) is 0 Å². The molecule has 1 aromatic rings. The lowest BCUT2D eigenvalue weighted by molar-refractivity contribution is 0.121. The third-order valence-corrected chi connectivity index (χ3v) is 11.9. The molecule has 0 aromatic carbocycles. The van der Waals surface area contributed by atoms with Crippen molar-refractivity contribution in [1.29, 1.82) is 0 Å². The van der Waals surface area contributed by atoms with E-state index >= 15 is 0 Å². The summed E-state index contributed by atoms with van der Waals surface area (Å²) in [5.41, 5.74) is 3.20. The van der Waals surface area contributed by atoms with E-state index in [0.717, 1.165) is 37.8 Å². The topological polar surface area (TPSA) is 119 Å². The largest absolute Gasteiger partial charge is 0.354 e. The van der Waals surface area contributed by atoms with Gasteiger partial charge in [0.25, 0.3) is 5.95 Å². The highest BCUT2D eigenvalue weighted by molar-refractivity contribution is 5.41. The third kappa shape index (κ3) is 21.0. The zero-order chi connectivity index (χ0) is 39.3. The van der Waals surface area contributed by atoms with Crippen molar-refractivity contribution in [3.8, 4) is 0 Å². The van der Waals surface area contributed by atoms with Crippen molar-refractivity contribution in [3.63, 3.8) is 0 Å². The van der Waals surface area contributed by atoms with Gasteiger partial charge in [-0.3, -0.25) is 5.21 Å². The van der Waals surface area contributed by atoms with Gasteiger partial charge in [0, 0.05) is 35.2 Å². The van der Waals surface area contributed by atoms with Crippen LogP contribution in [0.5, 0.6) is 0 Å². The van der Waals surface area contributed by atoms with E-state index in [0.29, 0.717) is 11.9 Å². The van der Waals surface area contributed by atoms with Gasteiger partial charge < -0.3 is 21.3 Å². The van der Waals surface area contributed by atoms with E-state index < -0.39 is 0 Å². The smallest absolute Gasteiger partial charge is 0.253 e. The summed E-state index contributed by atoms with van der Waals surface area (Å²) in [4.78, 5) is 13.1. The highest BCUT2D eigenvalue weighted by Crippen LogP contribution is 2.37. The van der Waals surface area contributed by atoms with Crippen LogP contribution in [-0.4, -0.2) is 55.4 Å². The van der Waals surface area contributed by atoms with Crippen LogP contribution in [0.4, 0.5) is 17.8 Å². The molecule has 0 radical (unpaired) electrons. The molecule has 2 aliphatic rings. The molecule has 0 saturated carbocycles. The standard InChI is InChI=1S/C45H88N8O/c1-42(2)33-37(34-43(3,4)52-42)29-25-21-17-13-9-11-15-19-23-27-31-46-39-48-40(50-41(49-39)51-54)47-32-28-24-20-16-12-10-14-18-22-26-30-38-35-44(5,6)53-45(7,8)36-38/h37-38,52-54H,9-36H2,1-8H3,(H3,46,47,48,49,50,51). The first-order chi connectivity index (χ1) is 25.7. The van der Waals surface area contributed by atoms with Gasteiger partial charge in [0.05, 0.1) is 0 Å². The Kier molecular flexibility index (Phi) is 20.9. The fourth-order valence-electron chi connectivity index (χ4n) is 10.4. The van der Waals surface area contributed by atoms with E-state index in [-0.39, 0.29) is 28.1 Å². The van der Waals surface area contributed by atoms with Crippen molar-refractivity contribution in [2.75, 3.05) is 29.2 Å². The summed E-state index contributed by atoms with van der Waals surface area (Å²) < 4.78 is 0. The number of hydrogen-bond acceptors (Lipinski definition) is 9. The number of unbranched alkanes of at least 4 members (excludes halogenated alkanes) is 18. The van der Waals surface area contributed by atoms with Gasteiger partial charge in [-0.25, -0.2) is 5.48 Å². The molecule has 0 amide bonds. The average molecular weight is 757 g/mol. The van der Waals surface area contributed by atoms with Gasteiger partial charge in [0.1, 0.15) is 0 Å². The molecule has 314 valence electrons. The summed E-state index contributed by atoms with van der Waals surface area (Å²) in [7, 11) is 0. The summed E-state index contributed by atoms with van der Waals surface area (Å²) in [5.74, 6) is 2.95. The molecule has 3 rings (SSSR count). The van der Waals surface area contributed by atoms with Crippen molar-refractivity contribution in [2.24, 2.45) is 11.8 Å². The highest BCUT2D eigenvalue weighted by Gasteiger charge is 2.38. The second-order valence-electron chi connectivity index (χ2n) is 20.3. The second kappa shape index (κ2) is 24.1. The Labute approximate surface area is 333 Å². The van der Waals surface area contributed by atoms with E-state index in [1.807, 2.05) is 0 Å². The molecule has 54 heavy (non-hydrogen) atoms. The second-order valence-corrected chi connectivity index (χ2v) is 20.3. The van der Waals surface area contributed by atoms with Crippen LogP contribution >= 0.6 is 0 Å². The van der Waals surface area contributed by atoms with Gasteiger partial charge in [-0.2, -0.15) is 15.0 Å². The Morgan fingerprint density at radius 3 is 0.981 bits per heavy atom. The third-order valence-electron chi connectivity index (χ3n) is 11.9. The molecule has 2 aliphatic heterocycles. The Morgan fingerprint density at radius 1 is 0.426 bits per heavy atom. The minimum absolute atomic E-state index is 0.174. The zero-order valence-electron chi connectivity index (χ0n) is 36.7. The SMILES string of the molecule is CC1(C)CC(CCCCCCCCCCCCNc2nc(NO)nc(NCCCCCCCCCCCCC3CC(C)(C)NC(C)(C)C3)n2)CC(C)(C)N1. The highest BCUT2D eigenvalue weighted by atomic mass is 16.5. The summed E-state index contributed by atoms with van der Waals surface area (Å²) >= 11 is 0. The normalized spacial score (nSPS) is 19.5. The summed E-state index contributed by atoms with van der Waals surface area (Å²) in [6, 6.07) is 0. The van der Waals surface area contributed by atoms with Crippen molar-refractivity contribution < 1.29 is 5.21 Å². The molecule has 0 bridgehead atoms. The quantitative estimate of drug-likeness (QED) is 0.0351. The molecular formula is C45H88N8O. The number of nitrogens with zero attached hydrogens (tertiary/aromatic N) is 3. The van der Waals surface area contributed by atoms with Crippen molar-refractivity contribution >= 4 is 17.8 Å². The molecule has 0 atom stereocenters. The molecule has 9 heteroatoms. The number of anilines is 3. The minimum atomic E-state index is 0.174. The summed E-state index contributed by atoms with van der Waals surface area (Å²) in [5, 5.41) is 23.8. The van der Waals surface area contributed by atoms with E-state index in [1.54, 1.807) is 0 Å². The van der Waals surface area contributed by atoms with Crippen LogP contribution < -0.4 is 26.7 Å². The predicted octanol–water partition coefficient (Wildman–Crippen LogP) is 12.2. The van der Waals surface area contributed by atoms with Crippen LogP contribution in [0.15, 0.2) is 0 Å². The molecule has 6 N–H and O–H groups in total. The molecule has 0 spiro atoms. The van der Waals surface area contributed by atoms with Gasteiger partial charge in [-0.05, 0) is 106 Å². The Bertz CT molecular complexity index is 1020. The van der Waals surface area contributed by atoms with Gasteiger partial charge >= 0.3 is 0 Å². The maximum Gasteiger partial charge on any atom is 0.253 e. The number of nitrogens with one attached hydrogen (secondary N) is 5. The molecule has 2 fully saturated rings. The van der Waals surface area contributed by atoms with Gasteiger partial charge in [0.15, 0.2) is 0 Å². The van der Waals surface area contributed by atoms with Gasteiger partial charge in [-0.15, -0.1) is 0 Å².